The molecule has 3 fully saturated rings. The highest BCUT2D eigenvalue weighted by Crippen LogP contribution is 2.36. The monoisotopic (exact) mass is 442 g/mol. The maximum Gasteiger partial charge on any atom is 0.103 e. The molecule has 0 amide bonds. The number of anilines is 1. The number of ether oxygens (including phenoxy) is 1. The molecule has 1 N–H and O–H groups in total. The minimum atomic E-state index is -0.440. The number of piperazine rings is 1. The molecule has 164 valence electrons. The van der Waals surface area contributed by atoms with Crippen molar-refractivity contribution in [2.45, 2.75) is 37.5 Å². The summed E-state index contributed by atoms with van der Waals surface area (Å²) in [6, 6.07) is 4.69. The maximum atomic E-state index is 10.4. The number of aliphatic hydroxyl groups excluding tert-OH is 1. The molecule has 1 aliphatic carbocycles. The van der Waals surface area contributed by atoms with E-state index in [-0.39, 0.29) is 5.54 Å². The van der Waals surface area contributed by atoms with Gasteiger partial charge in [0.2, 0.25) is 0 Å². The van der Waals surface area contributed by atoms with Gasteiger partial charge in [-0.05, 0) is 31.9 Å². The second-order valence-electron chi connectivity index (χ2n) is 9.19. The van der Waals surface area contributed by atoms with Crippen LogP contribution in [0.25, 0.3) is 16.6 Å². The SMILES string of the molecule is C[C@@]1(N2CCN(c3cc4c(cnn4-c4cnn(C5CC5)c4)cc3Cl)CC2)COC[C@@H]1O. The topological polar surface area (TPSA) is 71.6 Å². The van der Waals surface area contributed by atoms with Crippen LogP contribution in [0.15, 0.2) is 30.7 Å². The van der Waals surface area contributed by atoms with E-state index in [0.717, 1.165) is 53.5 Å². The van der Waals surface area contributed by atoms with Crippen LogP contribution in [0.4, 0.5) is 5.69 Å². The van der Waals surface area contributed by atoms with Gasteiger partial charge in [0.25, 0.3) is 0 Å². The third kappa shape index (κ3) is 3.24. The Kier molecular flexibility index (Phi) is 4.54. The van der Waals surface area contributed by atoms with Gasteiger partial charge in [-0.2, -0.15) is 10.2 Å². The number of rotatable bonds is 4. The molecule has 2 aromatic heterocycles. The molecular formula is C22H27ClN6O2. The summed E-state index contributed by atoms with van der Waals surface area (Å²) in [7, 11) is 0. The Bertz CT molecular complexity index is 1120. The summed E-state index contributed by atoms with van der Waals surface area (Å²) in [4.78, 5) is 4.68. The number of fused-ring (bicyclic) bond motifs is 1. The molecule has 2 aliphatic heterocycles. The Morgan fingerprint density at radius 1 is 1.13 bits per heavy atom. The van der Waals surface area contributed by atoms with E-state index in [0.29, 0.717) is 19.3 Å². The lowest BCUT2D eigenvalue weighted by Gasteiger charge is -2.45. The van der Waals surface area contributed by atoms with Crippen molar-refractivity contribution in [1.29, 1.82) is 0 Å². The Morgan fingerprint density at radius 2 is 1.94 bits per heavy atom. The van der Waals surface area contributed by atoms with Crippen LogP contribution in [0.2, 0.25) is 5.02 Å². The van der Waals surface area contributed by atoms with Gasteiger partial charge >= 0.3 is 0 Å². The average molecular weight is 443 g/mol. The van der Waals surface area contributed by atoms with Crippen LogP contribution in [0.3, 0.4) is 0 Å². The van der Waals surface area contributed by atoms with Gasteiger partial charge in [-0.25, -0.2) is 4.68 Å². The minimum absolute atomic E-state index is 0.305. The van der Waals surface area contributed by atoms with Gasteiger partial charge in [-0.3, -0.25) is 9.58 Å². The van der Waals surface area contributed by atoms with E-state index >= 15 is 0 Å². The van der Waals surface area contributed by atoms with Gasteiger partial charge in [0.1, 0.15) is 5.69 Å². The quantitative estimate of drug-likeness (QED) is 0.669. The number of hydrogen-bond donors (Lipinski definition) is 1. The molecule has 4 heterocycles. The zero-order valence-electron chi connectivity index (χ0n) is 17.6. The Balaban J connectivity index is 1.26. The normalized spacial score (nSPS) is 27.5. The van der Waals surface area contributed by atoms with Crippen molar-refractivity contribution in [3.05, 3.63) is 35.7 Å². The van der Waals surface area contributed by atoms with Gasteiger partial charge in [0, 0.05) is 31.6 Å². The van der Waals surface area contributed by atoms with Crippen LogP contribution < -0.4 is 4.90 Å². The van der Waals surface area contributed by atoms with Crippen molar-refractivity contribution in [1.82, 2.24) is 24.5 Å². The predicted molar refractivity (Wildman–Crippen MR) is 119 cm³/mol. The fourth-order valence-electron chi connectivity index (χ4n) is 4.87. The van der Waals surface area contributed by atoms with E-state index in [1.54, 1.807) is 0 Å². The third-order valence-electron chi connectivity index (χ3n) is 7.12. The molecule has 8 nitrogen and oxygen atoms in total. The fourth-order valence-corrected chi connectivity index (χ4v) is 5.16. The summed E-state index contributed by atoms with van der Waals surface area (Å²) >= 11 is 6.69. The van der Waals surface area contributed by atoms with Crippen molar-refractivity contribution in [2.24, 2.45) is 0 Å². The summed E-state index contributed by atoms with van der Waals surface area (Å²) in [5, 5.41) is 21.3. The molecule has 2 saturated heterocycles. The molecule has 0 spiro atoms. The Hall–Kier alpha value is -2.13. The summed E-state index contributed by atoms with van der Waals surface area (Å²) in [6.45, 7) is 6.51. The largest absolute Gasteiger partial charge is 0.389 e. The molecular weight excluding hydrogens is 416 g/mol. The van der Waals surface area contributed by atoms with E-state index in [1.165, 1.54) is 12.8 Å². The van der Waals surface area contributed by atoms with E-state index in [9.17, 15) is 5.11 Å². The molecule has 3 aliphatic rings. The molecule has 6 rings (SSSR count). The first-order chi connectivity index (χ1) is 15.0. The van der Waals surface area contributed by atoms with Crippen molar-refractivity contribution in [3.8, 4) is 5.69 Å². The highest BCUT2D eigenvalue weighted by atomic mass is 35.5. The lowest BCUT2D eigenvalue weighted by Crippen LogP contribution is -2.60. The van der Waals surface area contributed by atoms with E-state index in [1.807, 2.05) is 27.8 Å². The first-order valence-corrected chi connectivity index (χ1v) is 11.4. The second-order valence-corrected chi connectivity index (χ2v) is 9.60. The molecule has 0 radical (unpaired) electrons. The average Bonchev–Trinajstić information content (AvgIpc) is 3.20. The lowest BCUT2D eigenvalue weighted by atomic mass is 9.95. The van der Waals surface area contributed by atoms with Crippen molar-refractivity contribution in [2.75, 3.05) is 44.3 Å². The van der Waals surface area contributed by atoms with Crippen LogP contribution in [-0.4, -0.2) is 80.6 Å². The van der Waals surface area contributed by atoms with E-state index < -0.39 is 6.10 Å². The van der Waals surface area contributed by atoms with Gasteiger partial charge < -0.3 is 14.7 Å². The maximum absolute atomic E-state index is 10.4. The number of aromatic nitrogens is 4. The lowest BCUT2D eigenvalue weighted by molar-refractivity contribution is 0.00884. The molecule has 0 unspecified atom stereocenters. The molecule has 3 aromatic rings. The summed E-state index contributed by atoms with van der Waals surface area (Å²) in [5.41, 5.74) is 2.73. The molecule has 31 heavy (non-hydrogen) atoms. The van der Waals surface area contributed by atoms with Crippen LogP contribution in [0, 0.1) is 0 Å². The van der Waals surface area contributed by atoms with Crippen molar-refractivity contribution in [3.63, 3.8) is 0 Å². The van der Waals surface area contributed by atoms with Gasteiger partial charge in [0.05, 0.1) is 65.7 Å². The zero-order valence-corrected chi connectivity index (χ0v) is 18.4. The van der Waals surface area contributed by atoms with E-state index in [4.69, 9.17) is 16.3 Å². The minimum Gasteiger partial charge on any atom is -0.389 e. The summed E-state index contributed by atoms with van der Waals surface area (Å²) in [5.74, 6) is 0. The molecule has 1 aromatic carbocycles. The fraction of sp³-hybridized carbons (Fsp3) is 0.545. The summed E-state index contributed by atoms with van der Waals surface area (Å²) < 4.78 is 9.52. The van der Waals surface area contributed by atoms with Crippen molar-refractivity contribution >= 4 is 28.2 Å². The van der Waals surface area contributed by atoms with Gasteiger partial charge in [0.15, 0.2) is 0 Å². The third-order valence-corrected chi connectivity index (χ3v) is 7.42. The van der Waals surface area contributed by atoms with Crippen molar-refractivity contribution < 1.29 is 9.84 Å². The van der Waals surface area contributed by atoms with Crippen LogP contribution >= 0.6 is 11.6 Å². The zero-order chi connectivity index (χ0) is 21.2. The number of halogens is 1. The first-order valence-electron chi connectivity index (χ1n) is 11.0. The van der Waals surface area contributed by atoms with Gasteiger partial charge in [-0.15, -0.1) is 0 Å². The number of benzene rings is 1. The van der Waals surface area contributed by atoms with Crippen LogP contribution in [-0.2, 0) is 4.74 Å². The highest BCUT2D eigenvalue weighted by molar-refractivity contribution is 6.34. The number of hydrogen-bond acceptors (Lipinski definition) is 6. The number of aliphatic hydroxyl groups is 1. The highest BCUT2D eigenvalue weighted by Gasteiger charge is 2.44. The Labute approximate surface area is 185 Å². The predicted octanol–water partition coefficient (Wildman–Crippen LogP) is 2.48. The van der Waals surface area contributed by atoms with Gasteiger partial charge in [-0.1, -0.05) is 11.6 Å². The molecule has 9 heteroatoms. The first kappa shape index (κ1) is 19.5. The standard InChI is InChI=1S/C22H27ClN6O2/c1-22(14-31-13-21(22)30)27-6-4-26(5-7-27)20-9-19-15(8-18(20)23)10-25-29(19)17-11-24-28(12-17)16-2-3-16/h8-12,16,21,30H,2-7,13-14H2,1H3/t21-,22+/m0/s1. The summed E-state index contributed by atoms with van der Waals surface area (Å²) in [6.07, 6.45) is 7.79. The molecule has 1 saturated carbocycles. The van der Waals surface area contributed by atoms with Crippen LogP contribution in [0.1, 0.15) is 25.8 Å². The molecule has 2 atom stereocenters. The Morgan fingerprint density at radius 3 is 2.65 bits per heavy atom. The number of nitrogens with zero attached hydrogens (tertiary/aromatic N) is 6. The van der Waals surface area contributed by atoms with E-state index in [2.05, 4.69) is 39.2 Å². The van der Waals surface area contributed by atoms with Crippen LogP contribution in [0.5, 0.6) is 0 Å². The molecule has 0 bridgehead atoms. The second kappa shape index (κ2) is 7.20. The smallest absolute Gasteiger partial charge is 0.103 e.